The van der Waals surface area contributed by atoms with E-state index < -0.39 is 9.84 Å². The minimum absolute atomic E-state index is 0.0200. The molecule has 0 radical (unpaired) electrons. The lowest BCUT2D eigenvalue weighted by molar-refractivity contribution is 0.0753. The highest BCUT2D eigenvalue weighted by Crippen LogP contribution is 2.17. The van der Waals surface area contributed by atoms with E-state index in [0.29, 0.717) is 25.1 Å². The highest BCUT2D eigenvalue weighted by atomic mass is 32.2. The van der Waals surface area contributed by atoms with Crippen LogP contribution in [-0.2, 0) is 9.84 Å². The Morgan fingerprint density at radius 3 is 2.50 bits per heavy atom. The second kappa shape index (κ2) is 6.85. The number of hydrogen-bond donors (Lipinski definition) is 1. The number of hydrogen-bond acceptors (Lipinski definition) is 4. The zero-order chi connectivity index (χ0) is 15.3. The zero-order valence-corrected chi connectivity index (χ0v) is 12.9. The van der Waals surface area contributed by atoms with E-state index in [1.807, 2.05) is 6.92 Å². The number of nitrogens with zero attached hydrogens (tertiary/aromatic N) is 1. The monoisotopic (exact) mass is 299 g/mol. The quantitative estimate of drug-likeness (QED) is 0.857. The maximum absolute atomic E-state index is 12.4. The fraction of sp³-hybridized carbons (Fsp3) is 0.500. The van der Waals surface area contributed by atoms with Crippen molar-refractivity contribution in [2.45, 2.75) is 25.2 Å². The van der Waals surface area contributed by atoms with Crippen molar-refractivity contribution in [2.24, 2.45) is 0 Å². The smallest absolute Gasteiger partial charge is 0.254 e. The van der Waals surface area contributed by atoms with Crippen LogP contribution < -0.4 is 0 Å². The normalized spacial score (nSPS) is 11.4. The van der Waals surface area contributed by atoms with Crippen LogP contribution in [0, 0.1) is 6.92 Å². The number of aliphatic hydroxyl groups excluding tert-OH is 1. The Morgan fingerprint density at radius 2 is 2.00 bits per heavy atom. The van der Waals surface area contributed by atoms with Crippen LogP contribution in [0.2, 0.25) is 0 Å². The van der Waals surface area contributed by atoms with Crippen molar-refractivity contribution in [3.05, 3.63) is 29.3 Å². The van der Waals surface area contributed by atoms with Crippen molar-refractivity contribution in [1.82, 2.24) is 4.90 Å². The summed E-state index contributed by atoms with van der Waals surface area (Å²) in [5.74, 6) is -0.205. The zero-order valence-electron chi connectivity index (χ0n) is 12.1. The van der Waals surface area contributed by atoms with Gasteiger partial charge in [0.15, 0.2) is 9.84 Å². The lowest BCUT2D eigenvalue weighted by atomic mass is 10.1. The molecule has 1 rings (SSSR count). The number of amides is 1. The standard InChI is InChI=1S/C14H21NO4S/c1-4-15(8-5-9-16)14(17)13-10-12(20(3,18)19)7-6-11(13)2/h6-7,10,16H,4-5,8-9H2,1-3H3. The Hall–Kier alpha value is -1.40. The number of sulfone groups is 1. The average molecular weight is 299 g/mol. The van der Waals surface area contributed by atoms with E-state index in [-0.39, 0.29) is 17.4 Å². The number of rotatable bonds is 6. The van der Waals surface area contributed by atoms with Gasteiger partial charge in [0.2, 0.25) is 0 Å². The molecule has 1 amide bonds. The van der Waals surface area contributed by atoms with Crippen molar-refractivity contribution in [3.8, 4) is 0 Å². The van der Waals surface area contributed by atoms with Crippen molar-refractivity contribution < 1.29 is 18.3 Å². The number of carbonyl (C=O) groups is 1. The summed E-state index contributed by atoms with van der Waals surface area (Å²) in [6.07, 6.45) is 1.62. The Bertz CT molecular complexity index is 581. The molecule has 0 saturated heterocycles. The molecule has 0 heterocycles. The molecule has 6 heteroatoms. The summed E-state index contributed by atoms with van der Waals surface area (Å²) < 4.78 is 23.1. The van der Waals surface area contributed by atoms with Crippen molar-refractivity contribution in [1.29, 1.82) is 0 Å². The molecule has 1 aromatic rings. The summed E-state index contributed by atoms with van der Waals surface area (Å²) in [6.45, 7) is 4.62. The third-order valence-corrected chi connectivity index (χ3v) is 4.23. The predicted octanol–water partition coefficient (Wildman–Crippen LogP) is 1.24. The maximum atomic E-state index is 12.4. The van der Waals surface area contributed by atoms with Crippen LogP contribution >= 0.6 is 0 Å². The summed E-state index contributed by atoms with van der Waals surface area (Å²) in [5.41, 5.74) is 1.14. The molecule has 5 nitrogen and oxygen atoms in total. The molecule has 0 saturated carbocycles. The lowest BCUT2D eigenvalue weighted by Crippen LogP contribution is -2.32. The van der Waals surface area contributed by atoms with Crippen molar-refractivity contribution >= 4 is 15.7 Å². The summed E-state index contributed by atoms with van der Waals surface area (Å²) in [7, 11) is -3.34. The van der Waals surface area contributed by atoms with Gasteiger partial charge >= 0.3 is 0 Å². The molecule has 0 unspecified atom stereocenters. The second-order valence-electron chi connectivity index (χ2n) is 4.71. The molecule has 0 aliphatic rings. The molecule has 0 bridgehead atoms. The van der Waals surface area contributed by atoms with Gasteiger partial charge in [-0.25, -0.2) is 8.42 Å². The van der Waals surface area contributed by atoms with E-state index in [2.05, 4.69) is 0 Å². The van der Waals surface area contributed by atoms with Gasteiger partial charge in [0, 0.05) is 31.5 Å². The maximum Gasteiger partial charge on any atom is 0.254 e. The summed E-state index contributed by atoms with van der Waals surface area (Å²) in [6, 6.07) is 4.57. The number of carbonyl (C=O) groups excluding carboxylic acids is 1. The number of aliphatic hydroxyl groups is 1. The van der Waals surface area contributed by atoms with Crippen LogP contribution in [0.15, 0.2) is 23.1 Å². The molecule has 112 valence electrons. The van der Waals surface area contributed by atoms with Gasteiger partial charge in [-0.2, -0.15) is 0 Å². The predicted molar refractivity (Wildman–Crippen MR) is 77.6 cm³/mol. The van der Waals surface area contributed by atoms with Crippen LogP contribution in [0.5, 0.6) is 0 Å². The second-order valence-corrected chi connectivity index (χ2v) is 6.73. The van der Waals surface area contributed by atoms with E-state index in [1.165, 1.54) is 12.1 Å². The molecular weight excluding hydrogens is 278 g/mol. The van der Waals surface area contributed by atoms with Crippen LogP contribution in [0.1, 0.15) is 29.3 Å². The van der Waals surface area contributed by atoms with Crippen molar-refractivity contribution in [3.63, 3.8) is 0 Å². The van der Waals surface area contributed by atoms with Crippen LogP contribution in [0.4, 0.5) is 0 Å². The molecule has 20 heavy (non-hydrogen) atoms. The number of benzene rings is 1. The molecule has 0 spiro atoms. The van der Waals surface area contributed by atoms with Gasteiger partial charge in [0.1, 0.15) is 0 Å². The minimum Gasteiger partial charge on any atom is -0.396 e. The Balaban J connectivity index is 3.14. The molecule has 1 aromatic carbocycles. The van der Waals surface area contributed by atoms with E-state index in [0.717, 1.165) is 11.8 Å². The molecular formula is C14H21NO4S. The van der Waals surface area contributed by atoms with E-state index in [1.54, 1.807) is 17.9 Å². The van der Waals surface area contributed by atoms with Gasteiger partial charge in [0.25, 0.3) is 5.91 Å². The summed E-state index contributed by atoms with van der Waals surface area (Å²) in [5, 5.41) is 8.85. The first-order valence-electron chi connectivity index (χ1n) is 6.52. The largest absolute Gasteiger partial charge is 0.396 e. The fourth-order valence-electron chi connectivity index (χ4n) is 1.90. The van der Waals surface area contributed by atoms with Gasteiger partial charge in [0.05, 0.1) is 4.90 Å². The van der Waals surface area contributed by atoms with Gasteiger partial charge in [-0.05, 0) is 38.0 Å². The topological polar surface area (TPSA) is 74.7 Å². The molecule has 0 aromatic heterocycles. The van der Waals surface area contributed by atoms with E-state index in [4.69, 9.17) is 5.11 Å². The Morgan fingerprint density at radius 1 is 1.35 bits per heavy atom. The molecule has 0 atom stereocenters. The highest BCUT2D eigenvalue weighted by molar-refractivity contribution is 7.90. The highest BCUT2D eigenvalue weighted by Gasteiger charge is 2.18. The van der Waals surface area contributed by atoms with Gasteiger partial charge in [-0.15, -0.1) is 0 Å². The van der Waals surface area contributed by atoms with Crippen LogP contribution in [-0.4, -0.2) is 50.3 Å². The van der Waals surface area contributed by atoms with E-state index in [9.17, 15) is 13.2 Å². The molecule has 1 N–H and O–H groups in total. The molecule has 0 fully saturated rings. The van der Waals surface area contributed by atoms with Gasteiger partial charge in [-0.1, -0.05) is 6.07 Å². The third kappa shape index (κ3) is 4.05. The first kappa shape index (κ1) is 16.7. The Labute approximate surface area is 120 Å². The molecule has 0 aliphatic heterocycles. The van der Waals surface area contributed by atoms with Crippen LogP contribution in [0.25, 0.3) is 0 Å². The minimum atomic E-state index is -3.34. The van der Waals surface area contributed by atoms with Gasteiger partial charge in [-0.3, -0.25) is 4.79 Å². The summed E-state index contributed by atoms with van der Waals surface area (Å²) >= 11 is 0. The first-order chi connectivity index (χ1) is 9.31. The van der Waals surface area contributed by atoms with Crippen LogP contribution in [0.3, 0.4) is 0 Å². The van der Waals surface area contributed by atoms with Gasteiger partial charge < -0.3 is 10.0 Å². The molecule has 0 aliphatic carbocycles. The van der Waals surface area contributed by atoms with Crippen molar-refractivity contribution in [2.75, 3.05) is 26.0 Å². The lowest BCUT2D eigenvalue weighted by Gasteiger charge is -2.21. The number of aryl methyl sites for hydroxylation is 1. The fourth-order valence-corrected chi connectivity index (χ4v) is 2.54. The average Bonchev–Trinajstić information content (AvgIpc) is 2.38. The summed E-state index contributed by atoms with van der Waals surface area (Å²) in [4.78, 5) is 14.2. The SMILES string of the molecule is CCN(CCCO)C(=O)c1cc(S(C)(=O)=O)ccc1C. The third-order valence-electron chi connectivity index (χ3n) is 3.12. The Kier molecular flexibility index (Phi) is 5.71. The first-order valence-corrected chi connectivity index (χ1v) is 8.41. The van der Waals surface area contributed by atoms with E-state index >= 15 is 0 Å².